The van der Waals surface area contributed by atoms with E-state index in [-0.39, 0.29) is 30.8 Å². The quantitative estimate of drug-likeness (QED) is 0.155. The molecule has 0 saturated carbocycles. The molecule has 0 unspecified atom stereocenters. The summed E-state index contributed by atoms with van der Waals surface area (Å²) in [6.07, 6.45) is 2.19. The van der Waals surface area contributed by atoms with Crippen molar-refractivity contribution >= 4 is 29.6 Å². The molecule has 1 saturated heterocycles. The zero-order chi connectivity index (χ0) is 26.0. The molecule has 0 aromatic heterocycles. The van der Waals surface area contributed by atoms with E-state index in [1.165, 1.54) is 4.90 Å². The number of likely N-dealkylation sites (tertiary alicyclic amines) is 1. The third-order valence-electron chi connectivity index (χ3n) is 5.78. The predicted octanol–water partition coefficient (Wildman–Crippen LogP) is -0.154. The molecule has 192 valence electrons. The van der Waals surface area contributed by atoms with Crippen molar-refractivity contribution in [3.63, 3.8) is 0 Å². The third kappa shape index (κ3) is 8.58. The maximum atomic E-state index is 13.2. The number of nitrogens with one attached hydrogen (secondary N) is 2. The topological polar surface area (TPSA) is 186 Å². The van der Waals surface area contributed by atoms with E-state index >= 15 is 0 Å². The summed E-state index contributed by atoms with van der Waals surface area (Å²) < 4.78 is 0. The Bertz CT molecular complexity index is 916. The first kappa shape index (κ1) is 27.6. The Labute approximate surface area is 205 Å². The molecule has 2 rings (SSSR count). The number of hydrogen-bond donors (Lipinski definition) is 5. The van der Waals surface area contributed by atoms with Gasteiger partial charge in [0.15, 0.2) is 5.96 Å². The Morgan fingerprint density at radius 3 is 2.34 bits per heavy atom. The Morgan fingerprint density at radius 1 is 1.06 bits per heavy atom. The van der Waals surface area contributed by atoms with Gasteiger partial charge < -0.3 is 32.7 Å². The molecule has 1 aromatic carbocycles. The number of rotatable bonds is 12. The number of carbonyl (C=O) groups excluding carboxylic acids is 4. The predicted molar refractivity (Wildman–Crippen MR) is 133 cm³/mol. The van der Waals surface area contributed by atoms with E-state index in [2.05, 4.69) is 15.6 Å². The van der Waals surface area contributed by atoms with Gasteiger partial charge in [-0.25, -0.2) is 0 Å². The van der Waals surface area contributed by atoms with Crippen LogP contribution in [-0.2, 0) is 14.4 Å². The number of nitrogens with two attached hydrogens (primary N) is 3. The molecule has 8 N–H and O–H groups in total. The van der Waals surface area contributed by atoms with Crippen molar-refractivity contribution in [2.75, 3.05) is 13.1 Å². The van der Waals surface area contributed by atoms with Gasteiger partial charge in [0.1, 0.15) is 18.1 Å². The number of guanidine groups is 1. The first-order valence-electron chi connectivity index (χ1n) is 11.9. The molecule has 0 radical (unpaired) electrons. The minimum atomic E-state index is -0.944. The van der Waals surface area contributed by atoms with Crippen LogP contribution < -0.4 is 27.8 Å². The number of carbonyl (C=O) groups is 4. The van der Waals surface area contributed by atoms with Crippen molar-refractivity contribution in [3.8, 4) is 0 Å². The molecule has 3 atom stereocenters. The van der Waals surface area contributed by atoms with Gasteiger partial charge in [0.05, 0.1) is 0 Å². The molecule has 4 amide bonds. The molecule has 1 aromatic rings. The largest absolute Gasteiger partial charge is 0.370 e. The maximum absolute atomic E-state index is 13.2. The zero-order valence-electron chi connectivity index (χ0n) is 20.4. The van der Waals surface area contributed by atoms with Crippen molar-refractivity contribution in [2.24, 2.45) is 28.1 Å². The van der Waals surface area contributed by atoms with Crippen LogP contribution in [0.15, 0.2) is 35.3 Å². The fourth-order valence-electron chi connectivity index (χ4n) is 4.06. The Morgan fingerprint density at radius 2 is 1.74 bits per heavy atom. The fourth-order valence-corrected chi connectivity index (χ4v) is 4.06. The second-order valence-electron chi connectivity index (χ2n) is 9.13. The van der Waals surface area contributed by atoms with Gasteiger partial charge in [-0.15, -0.1) is 0 Å². The van der Waals surface area contributed by atoms with Crippen molar-refractivity contribution in [2.45, 2.75) is 64.1 Å². The van der Waals surface area contributed by atoms with E-state index in [9.17, 15) is 19.2 Å². The molecule has 1 heterocycles. The van der Waals surface area contributed by atoms with Crippen LogP contribution in [0.1, 0.15) is 56.3 Å². The van der Waals surface area contributed by atoms with Crippen LogP contribution in [0.2, 0.25) is 0 Å². The number of primary amides is 1. The molecule has 0 bridgehead atoms. The van der Waals surface area contributed by atoms with Crippen LogP contribution in [0.4, 0.5) is 0 Å². The smallest absolute Gasteiger partial charge is 0.254 e. The summed E-state index contributed by atoms with van der Waals surface area (Å²) in [5.74, 6) is -1.77. The van der Waals surface area contributed by atoms with Gasteiger partial charge in [-0.05, 0) is 50.2 Å². The number of benzene rings is 1. The summed E-state index contributed by atoms with van der Waals surface area (Å²) in [4.78, 5) is 56.5. The number of amides is 4. The van der Waals surface area contributed by atoms with Crippen molar-refractivity contribution in [1.29, 1.82) is 0 Å². The summed E-state index contributed by atoms with van der Waals surface area (Å²) in [5.41, 5.74) is 16.7. The van der Waals surface area contributed by atoms with Crippen LogP contribution in [0.25, 0.3) is 0 Å². The summed E-state index contributed by atoms with van der Waals surface area (Å²) in [5, 5.41) is 5.43. The summed E-state index contributed by atoms with van der Waals surface area (Å²) in [6, 6.07) is 6.25. The molecule has 11 heteroatoms. The second-order valence-corrected chi connectivity index (χ2v) is 9.13. The van der Waals surface area contributed by atoms with E-state index in [0.29, 0.717) is 37.8 Å². The monoisotopic (exact) mass is 487 g/mol. The van der Waals surface area contributed by atoms with E-state index in [0.717, 1.165) is 0 Å². The molecule has 1 fully saturated rings. The van der Waals surface area contributed by atoms with Gasteiger partial charge in [-0.3, -0.25) is 24.2 Å². The highest BCUT2D eigenvalue weighted by Crippen LogP contribution is 2.21. The normalized spacial score (nSPS) is 16.9. The first-order chi connectivity index (χ1) is 16.6. The number of hydrogen-bond acceptors (Lipinski definition) is 5. The van der Waals surface area contributed by atoms with Crippen LogP contribution in [-0.4, -0.2) is 65.7 Å². The highest BCUT2D eigenvalue weighted by Gasteiger charge is 2.36. The lowest BCUT2D eigenvalue weighted by Gasteiger charge is -2.27. The lowest BCUT2D eigenvalue weighted by atomic mass is 10.0. The van der Waals surface area contributed by atoms with Gasteiger partial charge in [0.25, 0.3) is 5.91 Å². The van der Waals surface area contributed by atoms with Gasteiger partial charge in [-0.1, -0.05) is 32.0 Å². The standard InChI is InChI=1S/C24H37N7O4/c1-15(2)14-18(20(25)32)30-21(33)17(10-6-12-28-24(26)27)29-22(34)19-11-7-13-31(19)23(35)16-8-4-3-5-9-16/h3-5,8-9,15,17-19H,6-7,10-14H2,1-2H3,(H2,25,32)(H,29,34)(H,30,33)(H4,26,27,28)/t17-,18-,19-/m0/s1. The fraction of sp³-hybridized carbons (Fsp3) is 0.542. The minimum absolute atomic E-state index is 0.0678. The van der Waals surface area contributed by atoms with Crippen LogP contribution in [0, 0.1) is 5.92 Å². The van der Waals surface area contributed by atoms with Crippen molar-refractivity contribution in [3.05, 3.63) is 35.9 Å². The van der Waals surface area contributed by atoms with E-state index in [1.54, 1.807) is 24.3 Å². The Kier molecular flexibility index (Phi) is 10.5. The molecule has 11 nitrogen and oxygen atoms in total. The van der Waals surface area contributed by atoms with Gasteiger partial charge >= 0.3 is 0 Å². The van der Waals surface area contributed by atoms with Gasteiger partial charge in [0, 0.05) is 18.7 Å². The van der Waals surface area contributed by atoms with Crippen LogP contribution >= 0.6 is 0 Å². The summed E-state index contributed by atoms with van der Waals surface area (Å²) in [7, 11) is 0. The molecule has 1 aliphatic heterocycles. The third-order valence-corrected chi connectivity index (χ3v) is 5.78. The average Bonchev–Trinajstić information content (AvgIpc) is 3.30. The summed E-state index contributed by atoms with van der Waals surface area (Å²) in [6.45, 7) is 4.55. The van der Waals surface area contributed by atoms with Gasteiger partial charge in [-0.2, -0.15) is 0 Å². The number of aliphatic imine (C=N–C) groups is 1. The lowest BCUT2D eigenvalue weighted by molar-refractivity contribution is -0.133. The molecule has 0 spiro atoms. The molecular formula is C24H37N7O4. The minimum Gasteiger partial charge on any atom is -0.370 e. The zero-order valence-corrected chi connectivity index (χ0v) is 20.4. The molecule has 35 heavy (non-hydrogen) atoms. The number of nitrogens with zero attached hydrogens (tertiary/aromatic N) is 2. The van der Waals surface area contributed by atoms with Crippen molar-refractivity contribution < 1.29 is 19.2 Å². The van der Waals surface area contributed by atoms with E-state index in [1.807, 2.05) is 19.9 Å². The van der Waals surface area contributed by atoms with E-state index < -0.39 is 35.8 Å². The average molecular weight is 488 g/mol. The van der Waals surface area contributed by atoms with Crippen LogP contribution in [0.5, 0.6) is 0 Å². The Hall–Kier alpha value is -3.63. The SMILES string of the molecule is CC(C)C[C@H](NC(=O)[C@H](CCCN=C(N)N)NC(=O)[C@@H]1CCCN1C(=O)c1ccccc1)C(N)=O. The van der Waals surface area contributed by atoms with E-state index in [4.69, 9.17) is 17.2 Å². The Balaban J connectivity index is 2.13. The summed E-state index contributed by atoms with van der Waals surface area (Å²) >= 11 is 0. The molecule has 0 aliphatic carbocycles. The van der Waals surface area contributed by atoms with Crippen molar-refractivity contribution in [1.82, 2.24) is 15.5 Å². The molecular weight excluding hydrogens is 450 g/mol. The second kappa shape index (κ2) is 13.3. The van der Waals surface area contributed by atoms with Gasteiger partial charge in [0.2, 0.25) is 17.7 Å². The highest BCUT2D eigenvalue weighted by atomic mass is 16.2. The molecule has 1 aliphatic rings. The highest BCUT2D eigenvalue weighted by molar-refractivity contribution is 5.99. The first-order valence-corrected chi connectivity index (χ1v) is 11.9. The maximum Gasteiger partial charge on any atom is 0.254 e. The van der Waals surface area contributed by atoms with Crippen LogP contribution in [0.3, 0.4) is 0 Å². The lowest BCUT2D eigenvalue weighted by Crippen LogP contribution is -2.56.